The lowest BCUT2D eigenvalue weighted by Crippen LogP contribution is -2.42. The van der Waals surface area contributed by atoms with E-state index in [1.54, 1.807) is 12.1 Å². The highest BCUT2D eigenvalue weighted by Crippen LogP contribution is 2.54. The molecule has 1 heterocycles. The van der Waals surface area contributed by atoms with E-state index < -0.39 is 0 Å². The third-order valence-electron chi connectivity index (χ3n) is 10.5. The summed E-state index contributed by atoms with van der Waals surface area (Å²) in [5, 5.41) is 11.6. The summed E-state index contributed by atoms with van der Waals surface area (Å²) in [6.07, 6.45) is 6.76. The first kappa shape index (κ1) is 29.3. The summed E-state index contributed by atoms with van der Waals surface area (Å²) in [5.74, 6) is 4.30. The van der Waals surface area contributed by atoms with Crippen molar-refractivity contribution >= 4 is 10.8 Å². The second-order valence-corrected chi connectivity index (χ2v) is 14.1. The fraction of sp³-hybridized carbons (Fsp3) is 0.256. The lowest BCUT2D eigenvalue weighted by Gasteiger charge is -2.50. The third-order valence-corrected chi connectivity index (χ3v) is 10.5. The second kappa shape index (κ2) is 11.9. The van der Waals surface area contributed by atoms with Crippen molar-refractivity contribution in [2.75, 3.05) is 0 Å². The number of nitrogens with zero attached hydrogens (tertiary/aromatic N) is 4. The summed E-state index contributed by atoms with van der Waals surface area (Å²) in [5.41, 5.74) is 7.64. The Morgan fingerprint density at radius 2 is 1.11 bits per heavy atom. The molecule has 0 spiro atoms. The van der Waals surface area contributed by atoms with Gasteiger partial charge in [0.2, 0.25) is 0 Å². The molecule has 5 aromatic carbocycles. The summed E-state index contributed by atoms with van der Waals surface area (Å²) in [6, 6.07) is 42.1. The van der Waals surface area contributed by atoms with Crippen LogP contribution in [0, 0.1) is 29.1 Å². The van der Waals surface area contributed by atoms with Crippen LogP contribution in [0.15, 0.2) is 115 Å². The van der Waals surface area contributed by atoms with Crippen LogP contribution in [0.2, 0.25) is 0 Å². The quantitative estimate of drug-likeness (QED) is 0.195. The van der Waals surface area contributed by atoms with E-state index in [2.05, 4.69) is 80.6 Å². The maximum Gasteiger partial charge on any atom is 0.164 e. The largest absolute Gasteiger partial charge is 0.208 e. The van der Waals surface area contributed by atoms with E-state index in [1.807, 2.05) is 42.5 Å². The fourth-order valence-corrected chi connectivity index (χ4v) is 8.85. The van der Waals surface area contributed by atoms with Crippen LogP contribution >= 0.6 is 0 Å². The number of hydrogen-bond donors (Lipinski definition) is 0. The molecule has 8 rings (SSSR count). The molecule has 0 N–H and O–H groups in total. The average molecular weight is 611 g/mol. The maximum absolute atomic E-state index is 9.33. The molecule has 2 aliphatic rings. The van der Waals surface area contributed by atoms with Gasteiger partial charge in [-0.2, -0.15) is 5.26 Å². The lowest BCUT2D eigenvalue weighted by atomic mass is 9.54. The van der Waals surface area contributed by atoms with Crippen LogP contribution in [0.3, 0.4) is 0 Å². The van der Waals surface area contributed by atoms with Crippen molar-refractivity contribution in [3.63, 3.8) is 0 Å². The molecule has 4 nitrogen and oxygen atoms in total. The molecule has 2 aliphatic carbocycles. The van der Waals surface area contributed by atoms with Crippen LogP contribution in [-0.4, -0.2) is 15.0 Å². The van der Waals surface area contributed by atoms with Gasteiger partial charge in [0.25, 0.3) is 0 Å². The molecule has 2 saturated carbocycles. The van der Waals surface area contributed by atoms with Gasteiger partial charge in [-0.05, 0) is 107 Å². The van der Waals surface area contributed by atoms with Crippen LogP contribution < -0.4 is 0 Å². The van der Waals surface area contributed by atoms with Gasteiger partial charge in [-0.15, -0.1) is 0 Å². The van der Waals surface area contributed by atoms with Crippen molar-refractivity contribution in [1.82, 2.24) is 15.0 Å². The SMILES string of the molecule is C[C@@H]1C[C@@H]2C[C@H](C)CC(c3ccc(-c4cccc5c(-c6nc(-c7ccccc7)nc(-c7ccc(C#N)cc7)n6)cccc45)cc3)(C1)C2. The number of benzene rings is 5. The Morgan fingerprint density at radius 1 is 0.553 bits per heavy atom. The molecule has 1 aromatic heterocycles. The van der Waals surface area contributed by atoms with Crippen LogP contribution in [0.1, 0.15) is 57.1 Å². The van der Waals surface area contributed by atoms with Gasteiger partial charge in [0, 0.05) is 16.7 Å². The van der Waals surface area contributed by atoms with Crippen LogP contribution in [0.25, 0.3) is 56.1 Å². The minimum absolute atomic E-state index is 0.326. The Hall–Kier alpha value is -5.14. The molecule has 4 atom stereocenters. The normalized spacial score (nSPS) is 22.1. The van der Waals surface area contributed by atoms with Crippen molar-refractivity contribution in [3.05, 3.63) is 126 Å². The Bertz CT molecular complexity index is 2090. The summed E-state index contributed by atoms with van der Waals surface area (Å²) < 4.78 is 0. The van der Waals surface area contributed by atoms with Crippen molar-refractivity contribution in [1.29, 1.82) is 5.26 Å². The van der Waals surface area contributed by atoms with Gasteiger partial charge < -0.3 is 0 Å². The number of rotatable bonds is 5. The standard InChI is InChI=1S/C43H38N4/c1-28-22-31-23-29(2)25-43(24-28,26-31)35-20-18-32(19-21-35)36-10-6-12-38-37(36)11-7-13-39(38)42-46-40(33-8-4-3-5-9-33)45-41(47-42)34-16-14-30(27-44)15-17-34/h3-21,28-29,31H,22-26H2,1-2H3/t28-,29+,31-,43?. The Morgan fingerprint density at radius 3 is 1.74 bits per heavy atom. The summed E-state index contributed by atoms with van der Waals surface area (Å²) in [6.45, 7) is 4.92. The topological polar surface area (TPSA) is 62.5 Å². The lowest BCUT2D eigenvalue weighted by molar-refractivity contribution is 0.0780. The number of hydrogen-bond acceptors (Lipinski definition) is 4. The molecule has 6 aromatic rings. The Balaban J connectivity index is 1.21. The molecule has 0 radical (unpaired) electrons. The molecule has 47 heavy (non-hydrogen) atoms. The van der Waals surface area contributed by atoms with Gasteiger partial charge >= 0.3 is 0 Å². The molecule has 1 unspecified atom stereocenters. The third kappa shape index (κ3) is 5.51. The predicted molar refractivity (Wildman–Crippen MR) is 190 cm³/mol. The molecule has 230 valence electrons. The zero-order chi connectivity index (χ0) is 32.0. The van der Waals surface area contributed by atoms with E-state index in [0.717, 1.165) is 39.8 Å². The number of fused-ring (bicyclic) bond motifs is 3. The molecular weight excluding hydrogens is 573 g/mol. The molecule has 4 heteroatoms. The van der Waals surface area contributed by atoms with Gasteiger partial charge in [0.1, 0.15) is 0 Å². The molecule has 0 amide bonds. The molecule has 0 saturated heterocycles. The summed E-state index contributed by atoms with van der Waals surface area (Å²) in [7, 11) is 0. The zero-order valence-electron chi connectivity index (χ0n) is 27.0. The first-order valence-electron chi connectivity index (χ1n) is 16.9. The molecule has 2 fully saturated rings. The second-order valence-electron chi connectivity index (χ2n) is 14.1. The Labute approximate surface area is 277 Å². The van der Waals surface area contributed by atoms with Crippen molar-refractivity contribution in [2.45, 2.75) is 51.4 Å². The van der Waals surface area contributed by atoms with Crippen molar-refractivity contribution < 1.29 is 0 Å². The van der Waals surface area contributed by atoms with E-state index >= 15 is 0 Å². The summed E-state index contributed by atoms with van der Waals surface area (Å²) >= 11 is 0. The van der Waals surface area contributed by atoms with Gasteiger partial charge in [-0.1, -0.05) is 105 Å². The smallest absolute Gasteiger partial charge is 0.164 e. The van der Waals surface area contributed by atoms with Crippen molar-refractivity contribution in [3.8, 4) is 51.4 Å². The average Bonchev–Trinajstić information content (AvgIpc) is 3.11. The summed E-state index contributed by atoms with van der Waals surface area (Å²) in [4.78, 5) is 14.9. The van der Waals surface area contributed by atoms with Crippen molar-refractivity contribution in [2.24, 2.45) is 17.8 Å². The Kier molecular flexibility index (Phi) is 7.41. The first-order valence-corrected chi connectivity index (χ1v) is 16.9. The highest BCUT2D eigenvalue weighted by atomic mass is 15.0. The number of aromatic nitrogens is 3. The highest BCUT2D eigenvalue weighted by Gasteiger charge is 2.45. The van der Waals surface area contributed by atoms with Gasteiger partial charge in [-0.3, -0.25) is 0 Å². The van der Waals surface area contributed by atoms with E-state index in [4.69, 9.17) is 15.0 Å². The number of nitriles is 1. The monoisotopic (exact) mass is 610 g/mol. The van der Waals surface area contributed by atoms with Gasteiger partial charge in [-0.25, -0.2) is 15.0 Å². The van der Waals surface area contributed by atoms with E-state index in [1.165, 1.54) is 54.2 Å². The van der Waals surface area contributed by atoms with E-state index in [9.17, 15) is 5.26 Å². The fourth-order valence-electron chi connectivity index (χ4n) is 8.85. The first-order chi connectivity index (χ1) is 23.0. The van der Waals surface area contributed by atoms with Gasteiger partial charge in [0.05, 0.1) is 11.6 Å². The predicted octanol–water partition coefficient (Wildman–Crippen LogP) is 10.7. The minimum atomic E-state index is 0.326. The van der Waals surface area contributed by atoms with E-state index in [-0.39, 0.29) is 0 Å². The zero-order valence-corrected chi connectivity index (χ0v) is 27.0. The van der Waals surface area contributed by atoms with Crippen LogP contribution in [0.4, 0.5) is 0 Å². The molecule has 2 bridgehead atoms. The van der Waals surface area contributed by atoms with Crippen LogP contribution in [0.5, 0.6) is 0 Å². The highest BCUT2D eigenvalue weighted by molar-refractivity contribution is 6.03. The molecular formula is C43H38N4. The maximum atomic E-state index is 9.33. The molecule has 0 aliphatic heterocycles. The van der Waals surface area contributed by atoms with Crippen LogP contribution in [-0.2, 0) is 5.41 Å². The minimum Gasteiger partial charge on any atom is -0.208 e. The van der Waals surface area contributed by atoms with Gasteiger partial charge in [0.15, 0.2) is 17.5 Å². The van der Waals surface area contributed by atoms with E-state index in [0.29, 0.717) is 28.5 Å².